The van der Waals surface area contributed by atoms with Crippen molar-refractivity contribution in [1.82, 2.24) is 15.2 Å². The third kappa shape index (κ3) is 2.90. The number of benzene rings is 2. The first-order valence-corrected chi connectivity index (χ1v) is 7.40. The van der Waals surface area contributed by atoms with Gasteiger partial charge in [0.15, 0.2) is 0 Å². The van der Waals surface area contributed by atoms with Crippen LogP contribution in [0.25, 0.3) is 5.69 Å². The molecule has 4 nitrogen and oxygen atoms in total. The maximum atomic E-state index is 5.78. The summed E-state index contributed by atoms with van der Waals surface area (Å²) in [4.78, 5) is 0. The zero-order valence-corrected chi connectivity index (χ0v) is 12.9. The van der Waals surface area contributed by atoms with E-state index in [1.807, 2.05) is 65.3 Å². The highest BCUT2D eigenvalue weighted by Gasteiger charge is 2.17. The fourth-order valence-corrected chi connectivity index (χ4v) is 2.59. The molecule has 2 aromatic carbocycles. The van der Waals surface area contributed by atoms with Crippen LogP contribution in [0.15, 0.2) is 71.3 Å². The van der Waals surface area contributed by atoms with Crippen molar-refractivity contribution >= 4 is 15.9 Å². The lowest BCUT2D eigenvalue weighted by molar-refractivity contribution is 0.597. The van der Waals surface area contributed by atoms with Gasteiger partial charge < -0.3 is 0 Å². The SMILES string of the molecule is NNC(c1ccc(Br)cc1)c1ccnn1-c1ccccc1. The van der Waals surface area contributed by atoms with Crippen LogP contribution in [0.3, 0.4) is 0 Å². The van der Waals surface area contributed by atoms with E-state index in [0.29, 0.717) is 0 Å². The molecule has 1 heterocycles. The Kier molecular flexibility index (Phi) is 4.15. The second-order valence-electron chi connectivity index (χ2n) is 4.65. The van der Waals surface area contributed by atoms with Crippen LogP contribution in [0.5, 0.6) is 0 Å². The first kappa shape index (κ1) is 14.0. The molecule has 0 fully saturated rings. The van der Waals surface area contributed by atoms with Gasteiger partial charge in [0.25, 0.3) is 0 Å². The largest absolute Gasteiger partial charge is 0.271 e. The molecular weight excluding hydrogens is 328 g/mol. The number of nitrogens with two attached hydrogens (primary N) is 1. The van der Waals surface area contributed by atoms with Gasteiger partial charge >= 0.3 is 0 Å². The van der Waals surface area contributed by atoms with E-state index < -0.39 is 0 Å². The molecule has 0 aliphatic carbocycles. The van der Waals surface area contributed by atoms with Crippen molar-refractivity contribution in [2.24, 2.45) is 5.84 Å². The van der Waals surface area contributed by atoms with Gasteiger partial charge in [-0.15, -0.1) is 0 Å². The van der Waals surface area contributed by atoms with Crippen LogP contribution in [-0.2, 0) is 0 Å². The third-order valence-corrected chi connectivity index (χ3v) is 3.87. The highest BCUT2D eigenvalue weighted by atomic mass is 79.9. The molecule has 0 radical (unpaired) electrons. The lowest BCUT2D eigenvalue weighted by Crippen LogP contribution is -2.30. The van der Waals surface area contributed by atoms with E-state index >= 15 is 0 Å². The molecule has 0 aliphatic rings. The number of para-hydroxylation sites is 1. The maximum Gasteiger partial charge on any atom is 0.0882 e. The monoisotopic (exact) mass is 342 g/mol. The van der Waals surface area contributed by atoms with Crippen molar-refractivity contribution in [3.8, 4) is 5.69 Å². The van der Waals surface area contributed by atoms with E-state index in [1.54, 1.807) is 6.20 Å². The fourth-order valence-electron chi connectivity index (χ4n) is 2.32. The van der Waals surface area contributed by atoms with Crippen LogP contribution in [0.1, 0.15) is 17.3 Å². The predicted octanol–water partition coefficient (Wildman–Crippen LogP) is 3.19. The standard InChI is InChI=1S/C16H15BrN4/c17-13-8-6-12(7-9-13)16(20-18)15-10-11-19-21(15)14-4-2-1-3-5-14/h1-11,16,20H,18H2. The number of hydrogen-bond donors (Lipinski definition) is 2. The van der Waals surface area contributed by atoms with Gasteiger partial charge in [-0.25, -0.2) is 10.1 Å². The van der Waals surface area contributed by atoms with Crippen molar-refractivity contribution in [1.29, 1.82) is 0 Å². The fraction of sp³-hybridized carbons (Fsp3) is 0.0625. The normalized spacial score (nSPS) is 12.3. The molecule has 0 saturated carbocycles. The molecule has 3 N–H and O–H groups in total. The molecule has 1 unspecified atom stereocenters. The summed E-state index contributed by atoms with van der Waals surface area (Å²) in [6.45, 7) is 0. The average molecular weight is 343 g/mol. The number of rotatable bonds is 4. The Bertz CT molecular complexity index is 707. The third-order valence-electron chi connectivity index (χ3n) is 3.34. The van der Waals surface area contributed by atoms with E-state index in [1.165, 1.54) is 0 Å². The van der Waals surface area contributed by atoms with Crippen molar-refractivity contribution in [3.05, 3.63) is 82.6 Å². The zero-order valence-electron chi connectivity index (χ0n) is 11.3. The van der Waals surface area contributed by atoms with Crippen LogP contribution in [-0.4, -0.2) is 9.78 Å². The lowest BCUT2D eigenvalue weighted by Gasteiger charge is -2.18. The first-order valence-electron chi connectivity index (χ1n) is 6.60. The summed E-state index contributed by atoms with van der Waals surface area (Å²) in [6.07, 6.45) is 1.78. The van der Waals surface area contributed by atoms with Gasteiger partial charge in [-0.2, -0.15) is 5.10 Å². The topological polar surface area (TPSA) is 55.9 Å². The Hall–Kier alpha value is -1.95. The highest BCUT2D eigenvalue weighted by molar-refractivity contribution is 9.10. The van der Waals surface area contributed by atoms with Crippen LogP contribution >= 0.6 is 15.9 Å². The van der Waals surface area contributed by atoms with Crippen LogP contribution < -0.4 is 11.3 Å². The van der Waals surface area contributed by atoms with E-state index in [4.69, 9.17) is 5.84 Å². The second kappa shape index (κ2) is 6.22. The van der Waals surface area contributed by atoms with E-state index in [-0.39, 0.29) is 6.04 Å². The van der Waals surface area contributed by atoms with Gasteiger partial charge in [0.05, 0.1) is 17.4 Å². The molecule has 0 saturated heterocycles. The summed E-state index contributed by atoms with van der Waals surface area (Å²) in [5.74, 6) is 5.78. The van der Waals surface area contributed by atoms with E-state index in [2.05, 4.69) is 26.5 Å². The maximum absolute atomic E-state index is 5.78. The van der Waals surface area contributed by atoms with Crippen molar-refractivity contribution in [2.75, 3.05) is 0 Å². The van der Waals surface area contributed by atoms with Crippen molar-refractivity contribution in [2.45, 2.75) is 6.04 Å². The molecule has 3 aromatic rings. The predicted molar refractivity (Wildman–Crippen MR) is 86.9 cm³/mol. The molecule has 3 rings (SSSR count). The number of nitrogens with zero attached hydrogens (tertiary/aromatic N) is 2. The molecule has 0 bridgehead atoms. The quantitative estimate of drug-likeness (QED) is 0.565. The molecule has 21 heavy (non-hydrogen) atoms. The summed E-state index contributed by atoms with van der Waals surface area (Å²) >= 11 is 3.45. The first-order chi connectivity index (χ1) is 10.3. The van der Waals surface area contributed by atoms with Gasteiger partial charge in [-0.3, -0.25) is 5.84 Å². The smallest absolute Gasteiger partial charge is 0.0882 e. The minimum absolute atomic E-state index is 0.124. The Morgan fingerprint density at radius 1 is 1.00 bits per heavy atom. The summed E-state index contributed by atoms with van der Waals surface area (Å²) in [5, 5.41) is 4.41. The average Bonchev–Trinajstić information content (AvgIpc) is 3.00. The molecule has 1 atom stereocenters. The number of halogens is 1. The number of hydrogen-bond acceptors (Lipinski definition) is 3. The van der Waals surface area contributed by atoms with Gasteiger partial charge in [0.1, 0.15) is 0 Å². The molecule has 0 amide bonds. The van der Waals surface area contributed by atoms with Crippen LogP contribution in [0.4, 0.5) is 0 Å². The van der Waals surface area contributed by atoms with Crippen molar-refractivity contribution < 1.29 is 0 Å². The highest BCUT2D eigenvalue weighted by Crippen LogP contribution is 2.24. The Balaban J connectivity index is 2.03. The second-order valence-corrected chi connectivity index (χ2v) is 5.57. The van der Waals surface area contributed by atoms with Crippen molar-refractivity contribution in [3.63, 3.8) is 0 Å². The van der Waals surface area contributed by atoms with Gasteiger partial charge in [-0.05, 0) is 35.9 Å². The number of hydrazine groups is 1. The summed E-state index contributed by atoms with van der Waals surface area (Å²) in [6, 6.07) is 19.9. The summed E-state index contributed by atoms with van der Waals surface area (Å²) in [7, 11) is 0. The minimum Gasteiger partial charge on any atom is -0.271 e. The van der Waals surface area contributed by atoms with Crippen LogP contribution in [0.2, 0.25) is 0 Å². The molecule has 0 spiro atoms. The zero-order chi connectivity index (χ0) is 14.7. The van der Waals surface area contributed by atoms with Gasteiger partial charge in [0, 0.05) is 10.7 Å². The number of nitrogens with one attached hydrogen (secondary N) is 1. The van der Waals surface area contributed by atoms with Gasteiger partial charge in [0.2, 0.25) is 0 Å². The summed E-state index contributed by atoms with van der Waals surface area (Å²) in [5.41, 5.74) is 5.96. The Labute approximate surface area is 131 Å². The number of aromatic nitrogens is 2. The molecular formula is C16H15BrN4. The Morgan fingerprint density at radius 2 is 1.71 bits per heavy atom. The van der Waals surface area contributed by atoms with E-state index in [9.17, 15) is 0 Å². The van der Waals surface area contributed by atoms with Crippen LogP contribution in [0, 0.1) is 0 Å². The molecule has 1 aromatic heterocycles. The molecule has 0 aliphatic heterocycles. The lowest BCUT2D eigenvalue weighted by atomic mass is 10.0. The molecule has 106 valence electrons. The van der Waals surface area contributed by atoms with Gasteiger partial charge in [-0.1, -0.05) is 46.3 Å². The molecule has 5 heteroatoms. The van der Waals surface area contributed by atoms with E-state index in [0.717, 1.165) is 21.4 Å². The minimum atomic E-state index is -0.124. The Morgan fingerprint density at radius 3 is 2.38 bits per heavy atom. The summed E-state index contributed by atoms with van der Waals surface area (Å²) < 4.78 is 2.94.